The summed E-state index contributed by atoms with van der Waals surface area (Å²) >= 11 is 6.21. The number of benzene rings is 1. The maximum atomic E-state index is 6.21. The number of rotatable bonds is 5. The van der Waals surface area contributed by atoms with Crippen molar-refractivity contribution in [1.82, 2.24) is 9.88 Å². The Hall–Kier alpha value is -0.801. The van der Waals surface area contributed by atoms with Gasteiger partial charge in [-0.15, -0.1) is 0 Å². The second-order valence-electron chi connectivity index (χ2n) is 14.2. The molecule has 2 aromatic rings. The van der Waals surface area contributed by atoms with Crippen molar-refractivity contribution in [3.8, 4) is 0 Å². The number of pyridine rings is 1. The minimum absolute atomic E-state index is 0.776. The van der Waals surface area contributed by atoms with Gasteiger partial charge in [-0.3, -0.25) is 0 Å². The molecule has 0 bridgehead atoms. The van der Waals surface area contributed by atoms with Gasteiger partial charge in [0, 0.05) is 0 Å². The van der Waals surface area contributed by atoms with Gasteiger partial charge in [-0.25, -0.2) is 0 Å². The molecule has 0 radical (unpaired) electrons. The van der Waals surface area contributed by atoms with Gasteiger partial charge in [0.05, 0.1) is 0 Å². The van der Waals surface area contributed by atoms with Crippen LogP contribution in [0.1, 0.15) is 0 Å². The topological polar surface area (TPSA) is 28.2 Å². The monoisotopic (exact) mass is 433 g/mol. The number of hydrogen-bond donors (Lipinski definition) is 1. The van der Waals surface area contributed by atoms with E-state index in [1.54, 1.807) is 0 Å². The summed E-state index contributed by atoms with van der Waals surface area (Å²) in [5.41, 5.74) is 2.31. The molecule has 5 atom stereocenters. The first-order chi connectivity index (χ1) is 13.3. The molecule has 5 unspecified atom stereocenters. The minimum atomic E-state index is -3.28. The van der Waals surface area contributed by atoms with Crippen molar-refractivity contribution in [3.05, 3.63) is 35.5 Å². The average Bonchev–Trinajstić information content (AvgIpc) is 3.61. The Balaban J connectivity index is 1.09. The number of hydrogen-bond acceptors (Lipinski definition) is 3. The van der Waals surface area contributed by atoms with E-state index in [1.165, 1.54) is 62.7 Å². The molecule has 5 heteroatoms. The summed E-state index contributed by atoms with van der Waals surface area (Å²) in [5.74, 6) is 0. The standard InChI is InChI=1S/C18H19ClN3.C5H5.Fe/c1-22(2)12-14-5-3-4-13(14)11-21-17-8-9-20-18-10-15(19)6-7-16(17)18;1-2-4-5-3-1;/h3-10H,11-12H2,1-2H3,(H,20,21);1-5H;. The van der Waals surface area contributed by atoms with Crippen LogP contribution in [0.3, 0.4) is 0 Å². The van der Waals surface area contributed by atoms with Crippen LogP contribution in [0.2, 0.25) is 52.2 Å². The van der Waals surface area contributed by atoms with Crippen LogP contribution in [0, 0.1) is 0 Å². The maximum absolute atomic E-state index is 6.21. The second kappa shape index (κ2) is 1.53. The predicted molar refractivity (Wildman–Crippen MR) is 109 cm³/mol. The summed E-state index contributed by atoms with van der Waals surface area (Å²) in [5, 5.41) is 6.07. The number of fused-ring (bicyclic) bond motifs is 11. The van der Waals surface area contributed by atoms with Crippen molar-refractivity contribution in [1.29, 1.82) is 0 Å². The average molecular weight is 434 g/mol. The molecule has 0 saturated carbocycles. The van der Waals surface area contributed by atoms with Gasteiger partial charge in [0.2, 0.25) is 0 Å². The number of nitrogens with zero attached hydrogens (tertiary/aromatic N) is 2. The van der Waals surface area contributed by atoms with Gasteiger partial charge in [-0.2, -0.15) is 0 Å². The van der Waals surface area contributed by atoms with Crippen LogP contribution in [0.15, 0.2) is 30.5 Å². The van der Waals surface area contributed by atoms with Gasteiger partial charge >= 0.3 is 160 Å². The third kappa shape index (κ3) is 0.218. The summed E-state index contributed by atoms with van der Waals surface area (Å²) in [4.78, 5) is 17.9. The van der Waals surface area contributed by atoms with Gasteiger partial charge in [-0.1, -0.05) is 0 Å². The van der Waals surface area contributed by atoms with E-state index in [0.29, 0.717) is 0 Å². The molecule has 10 saturated heterocycles. The van der Waals surface area contributed by atoms with E-state index >= 15 is 0 Å². The van der Waals surface area contributed by atoms with E-state index in [0.717, 1.165) is 19.2 Å². The van der Waals surface area contributed by atoms with Crippen LogP contribution in [0.4, 0.5) is 5.69 Å². The number of halogens is 1. The Morgan fingerprint density at radius 3 is 2.39 bits per heavy atom. The van der Waals surface area contributed by atoms with Crippen LogP contribution in [0.5, 0.6) is 0 Å². The molecule has 0 amide bonds. The quantitative estimate of drug-likeness (QED) is 0.587. The van der Waals surface area contributed by atoms with E-state index in [1.807, 2.05) is 18.3 Å². The first kappa shape index (κ1) is 12.8. The van der Waals surface area contributed by atoms with Crippen molar-refractivity contribution < 1.29 is 6.51 Å². The molecule has 1 N–H and O–H groups in total. The Morgan fingerprint density at radius 1 is 1.04 bits per heavy atom. The summed E-state index contributed by atoms with van der Waals surface area (Å²) in [7, 11) is 4.71. The molecule has 10 aliphatic heterocycles. The van der Waals surface area contributed by atoms with E-state index in [4.69, 9.17) is 11.6 Å². The third-order valence-corrected chi connectivity index (χ3v) is 62.5. The van der Waals surface area contributed by atoms with Crippen LogP contribution >= 0.6 is 11.6 Å². The number of anilines is 1. The van der Waals surface area contributed by atoms with Crippen LogP contribution in [0.25, 0.3) is 10.9 Å². The van der Waals surface area contributed by atoms with E-state index in [-0.39, 0.29) is 0 Å². The normalized spacial score (nSPS) is 79.9. The molecule has 0 aliphatic carbocycles. The predicted octanol–water partition coefficient (Wildman–Crippen LogP) is 5.99. The zero-order valence-corrected chi connectivity index (χ0v) is 17.9. The molecule has 10 fully saturated rings. The summed E-state index contributed by atoms with van der Waals surface area (Å²) < 4.78 is 1.72. The van der Waals surface area contributed by atoms with Gasteiger partial charge < -0.3 is 0 Å². The molecule has 28 heavy (non-hydrogen) atoms. The van der Waals surface area contributed by atoms with Crippen molar-refractivity contribution in [3.63, 3.8) is 0 Å². The fourth-order valence-electron chi connectivity index (χ4n) is 20.4. The molecule has 3 nitrogen and oxygen atoms in total. The fraction of sp³-hybridized carbons (Fsp3) is 0.609. The summed E-state index contributed by atoms with van der Waals surface area (Å²) in [6, 6.07) is 8.36. The van der Waals surface area contributed by atoms with Crippen molar-refractivity contribution in [2.24, 2.45) is 0 Å². The van der Waals surface area contributed by atoms with Crippen molar-refractivity contribution in [2.75, 3.05) is 32.5 Å². The first-order valence-corrected chi connectivity index (χ1v) is 17.5. The van der Waals surface area contributed by atoms with Crippen molar-refractivity contribution in [2.45, 2.75) is 47.2 Å². The van der Waals surface area contributed by atoms with E-state index < -0.39 is 6.51 Å². The molecular formula is C23H24ClFeN3. The molecule has 1 aromatic carbocycles. The third-order valence-electron chi connectivity index (χ3n) is 18.3. The zero-order valence-electron chi connectivity index (χ0n) is 16.0. The SMILES string of the molecule is CN(C)C[C]12[CH]3[CH]4[CH]5[C]1(CNc1ccnc6cc(Cl)ccc16)[Fe]45321678[CH]2[CH]1[CH]6[CH]7[CH]28. The number of aromatic nitrogens is 1. The molecule has 10 aliphatic rings. The van der Waals surface area contributed by atoms with Crippen LogP contribution in [-0.4, -0.2) is 37.1 Å². The molecule has 1 spiro atoms. The van der Waals surface area contributed by atoms with Gasteiger partial charge in [0.25, 0.3) is 0 Å². The van der Waals surface area contributed by atoms with Gasteiger partial charge in [0.15, 0.2) is 0 Å². The molecule has 1 aromatic heterocycles. The number of nitrogens with one attached hydrogen (secondary N) is 1. The van der Waals surface area contributed by atoms with E-state index in [2.05, 4.69) is 41.4 Å². The molecule has 12 rings (SSSR count). The Kier molecular flexibility index (Phi) is 0.700. The zero-order chi connectivity index (χ0) is 18.2. The summed E-state index contributed by atoms with van der Waals surface area (Å²) in [6.45, 7) is -0.530. The summed E-state index contributed by atoms with van der Waals surface area (Å²) in [6.07, 6.45) is 1.95. The molecular weight excluding hydrogens is 410 g/mol. The molecule has 11 heterocycles. The first-order valence-electron chi connectivity index (χ1n) is 10.9. The van der Waals surface area contributed by atoms with Crippen molar-refractivity contribution >= 4 is 28.2 Å². The molecule has 146 valence electrons. The second-order valence-corrected chi connectivity index (χ2v) is 38.0. The fourth-order valence-corrected chi connectivity index (χ4v) is 97.9. The van der Waals surface area contributed by atoms with Gasteiger partial charge in [-0.05, 0) is 0 Å². The van der Waals surface area contributed by atoms with Gasteiger partial charge in [0.1, 0.15) is 0 Å². The van der Waals surface area contributed by atoms with E-state index in [9.17, 15) is 0 Å². The Bertz CT molecular complexity index is 1630. The Morgan fingerprint density at radius 2 is 1.75 bits per heavy atom. The Labute approximate surface area is 159 Å². The van der Waals surface area contributed by atoms with Crippen LogP contribution < -0.4 is 5.32 Å². The van der Waals surface area contributed by atoms with Crippen LogP contribution in [-0.2, 0) is 6.51 Å².